The summed E-state index contributed by atoms with van der Waals surface area (Å²) >= 11 is 0. The van der Waals surface area contributed by atoms with Gasteiger partial charge >= 0.3 is 5.97 Å². The highest BCUT2D eigenvalue weighted by molar-refractivity contribution is 5.75. The second-order valence-corrected chi connectivity index (χ2v) is 3.52. The minimum absolute atomic E-state index is 0.0501. The van der Waals surface area contributed by atoms with Crippen molar-refractivity contribution in [3.63, 3.8) is 0 Å². The van der Waals surface area contributed by atoms with E-state index in [1.54, 1.807) is 6.92 Å². The molecule has 0 aromatic rings. The molecule has 4 nitrogen and oxygen atoms in total. The molecule has 1 saturated carbocycles. The Labute approximate surface area is 78.3 Å². The van der Waals surface area contributed by atoms with Gasteiger partial charge in [-0.3, -0.25) is 10.1 Å². The predicted octanol–water partition coefficient (Wildman–Crippen LogP) is 0.0509. The van der Waals surface area contributed by atoms with Gasteiger partial charge in [-0.25, -0.2) is 0 Å². The second kappa shape index (κ2) is 4.58. The molecule has 13 heavy (non-hydrogen) atoms. The molecule has 1 unspecified atom stereocenters. The van der Waals surface area contributed by atoms with E-state index in [4.69, 9.17) is 0 Å². The molecular formula is C9H17NO3. The minimum atomic E-state index is -0.331. The number of hydrogen-bond acceptors (Lipinski definition) is 4. The average Bonchev–Trinajstić information content (AvgIpc) is 2.50. The van der Waals surface area contributed by atoms with Crippen LogP contribution in [-0.2, 0) is 9.53 Å². The van der Waals surface area contributed by atoms with Gasteiger partial charge in [0.15, 0.2) is 0 Å². The Bertz CT molecular complexity index is 184. The van der Waals surface area contributed by atoms with Crippen LogP contribution in [0.2, 0.25) is 0 Å². The molecule has 1 rings (SSSR count). The molecule has 1 fully saturated rings. The largest absolute Gasteiger partial charge is 0.468 e. The molecule has 0 amide bonds. The molecule has 0 spiro atoms. The van der Waals surface area contributed by atoms with Gasteiger partial charge in [-0.05, 0) is 26.2 Å². The summed E-state index contributed by atoms with van der Waals surface area (Å²) in [7, 11) is 1.37. The molecular weight excluding hydrogens is 170 g/mol. The zero-order valence-corrected chi connectivity index (χ0v) is 8.12. The number of ether oxygens (including phenoxy) is 1. The zero-order chi connectivity index (χ0) is 9.84. The maximum atomic E-state index is 11.0. The first-order valence-corrected chi connectivity index (χ1v) is 4.67. The molecule has 0 saturated heterocycles. The van der Waals surface area contributed by atoms with Crippen LogP contribution >= 0.6 is 0 Å². The summed E-state index contributed by atoms with van der Waals surface area (Å²) in [4.78, 5) is 11.0. The van der Waals surface area contributed by atoms with E-state index >= 15 is 0 Å². The molecule has 1 aliphatic carbocycles. The molecule has 76 valence electrons. The molecule has 1 aliphatic rings. The van der Waals surface area contributed by atoms with E-state index < -0.39 is 0 Å². The van der Waals surface area contributed by atoms with Crippen LogP contribution in [-0.4, -0.2) is 36.4 Å². The first kappa shape index (κ1) is 10.5. The molecule has 0 bridgehead atoms. The second-order valence-electron chi connectivity index (χ2n) is 3.52. The van der Waals surface area contributed by atoms with Crippen LogP contribution < -0.4 is 5.32 Å². The third kappa shape index (κ3) is 2.67. The fraction of sp³-hybridized carbons (Fsp3) is 0.889. The molecule has 0 aromatic heterocycles. The lowest BCUT2D eigenvalue weighted by Gasteiger charge is -2.20. The first-order valence-electron chi connectivity index (χ1n) is 4.67. The number of esters is 1. The summed E-state index contributed by atoms with van der Waals surface area (Å²) in [6, 6.07) is -0.281. The monoisotopic (exact) mass is 187 g/mol. The van der Waals surface area contributed by atoms with Crippen molar-refractivity contribution >= 4 is 5.97 Å². The van der Waals surface area contributed by atoms with Gasteiger partial charge in [0.1, 0.15) is 6.04 Å². The first-order chi connectivity index (χ1) is 6.15. The van der Waals surface area contributed by atoms with Crippen molar-refractivity contribution in [1.29, 1.82) is 0 Å². The maximum Gasteiger partial charge on any atom is 0.322 e. The summed E-state index contributed by atoms with van der Waals surface area (Å²) in [6.45, 7) is 1.75. The number of carbonyl (C=O) groups is 1. The van der Waals surface area contributed by atoms with Gasteiger partial charge in [-0.15, -0.1) is 0 Å². The summed E-state index contributed by atoms with van der Waals surface area (Å²) in [5, 5.41) is 12.5. The van der Waals surface area contributed by atoms with Crippen molar-refractivity contribution in [1.82, 2.24) is 5.32 Å². The number of aliphatic hydroxyl groups excluding tert-OH is 1. The van der Waals surface area contributed by atoms with Gasteiger partial charge in [-0.1, -0.05) is 0 Å². The van der Waals surface area contributed by atoms with E-state index in [9.17, 15) is 9.90 Å². The van der Waals surface area contributed by atoms with Crippen LogP contribution in [0.5, 0.6) is 0 Å². The van der Waals surface area contributed by atoms with Crippen LogP contribution in [0.15, 0.2) is 0 Å². The standard InChI is InChI=1S/C9H17NO3/c1-6(9(12)13-2)10-7-4-3-5-8(7)11/h6-8,10-11H,3-5H2,1-2H3/t6?,7-,8-/m1/s1. The molecule has 3 atom stereocenters. The summed E-state index contributed by atoms with van der Waals surface area (Å²) in [6.07, 6.45) is 2.47. The van der Waals surface area contributed by atoms with Crippen molar-refractivity contribution < 1.29 is 14.6 Å². The normalized spacial score (nSPS) is 30.1. The van der Waals surface area contributed by atoms with Crippen LogP contribution in [0.25, 0.3) is 0 Å². The quantitative estimate of drug-likeness (QED) is 0.613. The number of rotatable bonds is 3. The Morgan fingerprint density at radius 2 is 2.31 bits per heavy atom. The molecule has 0 aromatic carbocycles. The average molecular weight is 187 g/mol. The highest BCUT2D eigenvalue weighted by Crippen LogP contribution is 2.19. The van der Waals surface area contributed by atoms with E-state index in [-0.39, 0.29) is 24.2 Å². The lowest BCUT2D eigenvalue weighted by molar-refractivity contribution is -0.143. The van der Waals surface area contributed by atoms with E-state index in [0.29, 0.717) is 0 Å². The number of methoxy groups -OCH3 is 1. The fourth-order valence-electron chi connectivity index (χ4n) is 1.70. The number of aliphatic hydroxyl groups is 1. The van der Waals surface area contributed by atoms with Gasteiger partial charge in [0.25, 0.3) is 0 Å². The fourth-order valence-corrected chi connectivity index (χ4v) is 1.70. The Hall–Kier alpha value is -0.610. The highest BCUT2D eigenvalue weighted by Gasteiger charge is 2.28. The van der Waals surface area contributed by atoms with E-state index in [1.165, 1.54) is 7.11 Å². The summed E-state index contributed by atoms with van der Waals surface area (Å²) in [5.41, 5.74) is 0. The SMILES string of the molecule is COC(=O)C(C)N[C@@H]1CCC[C@H]1O. The Morgan fingerprint density at radius 3 is 2.77 bits per heavy atom. The maximum absolute atomic E-state index is 11.0. The van der Waals surface area contributed by atoms with Gasteiger partial charge in [0.2, 0.25) is 0 Å². The van der Waals surface area contributed by atoms with Crippen LogP contribution in [0.4, 0.5) is 0 Å². The predicted molar refractivity (Wildman–Crippen MR) is 48.3 cm³/mol. The van der Waals surface area contributed by atoms with E-state index in [2.05, 4.69) is 10.1 Å². The van der Waals surface area contributed by atoms with Gasteiger partial charge in [0, 0.05) is 6.04 Å². The number of hydrogen-bond donors (Lipinski definition) is 2. The minimum Gasteiger partial charge on any atom is -0.468 e. The smallest absolute Gasteiger partial charge is 0.322 e. The van der Waals surface area contributed by atoms with Crippen molar-refractivity contribution in [2.24, 2.45) is 0 Å². The van der Waals surface area contributed by atoms with Crippen molar-refractivity contribution in [2.45, 2.75) is 44.4 Å². The molecule has 0 radical (unpaired) electrons. The van der Waals surface area contributed by atoms with Crippen LogP contribution in [0.1, 0.15) is 26.2 Å². The van der Waals surface area contributed by atoms with Crippen LogP contribution in [0, 0.1) is 0 Å². The summed E-state index contributed by atoms with van der Waals surface area (Å²) in [5.74, 6) is -0.279. The number of nitrogens with one attached hydrogen (secondary N) is 1. The Morgan fingerprint density at radius 1 is 1.62 bits per heavy atom. The van der Waals surface area contributed by atoms with Crippen LogP contribution in [0.3, 0.4) is 0 Å². The third-order valence-electron chi connectivity index (χ3n) is 2.50. The third-order valence-corrected chi connectivity index (χ3v) is 2.50. The molecule has 2 N–H and O–H groups in total. The van der Waals surface area contributed by atoms with Crippen molar-refractivity contribution in [3.05, 3.63) is 0 Å². The van der Waals surface area contributed by atoms with Gasteiger partial charge < -0.3 is 9.84 Å². The summed E-state index contributed by atoms with van der Waals surface area (Å²) < 4.78 is 4.57. The van der Waals surface area contributed by atoms with Gasteiger partial charge in [-0.2, -0.15) is 0 Å². The number of carbonyl (C=O) groups excluding carboxylic acids is 1. The van der Waals surface area contributed by atoms with E-state index in [1.807, 2.05) is 0 Å². The van der Waals surface area contributed by atoms with Crippen molar-refractivity contribution in [2.75, 3.05) is 7.11 Å². The Balaban J connectivity index is 2.34. The van der Waals surface area contributed by atoms with Gasteiger partial charge in [0.05, 0.1) is 13.2 Å². The topological polar surface area (TPSA) is 58.6 Å². The highest BCUT2D eigenvalue weighted by atomic mass is 16.5. The van der Waals surface area contributed by atoms with Crippen molar-refractivity contribution in [3.8, 4) is 0 Å². The Kier molecular flexibility index (Phi) is 3.69. The lowest BCUT2D eigenvalue weighted by Crippen LogP contribution is -2.45. The zero-order valence-electron chi connectivity index (χ0n) is 8.12. The molecule has 0 heterocycles. The van der Waals surface area contributed by atoms with E-state index in [0.717, 1.165) is 19.3 Å². The molecule has 4 heteroatoms. The lowest BCUT2D eigenvalue weighted by atomic mass is 10.2. The molecule has 0 aliphatic heterocycles.